The van der Waals surface area contributed by atoms with Gasteiger partial charge in [0.25, 0.3) is 0 Å². The number of hydrogen-bond donors (Lipinski definition) is 1. The molecule has 1 aliphatic rings. The minimum absolute atomic E-state index is 0.0222. The molecule has 1 aliphatic carbocycles. The zero-order chi connectivity index (χ0) is 25.4. The van der Waals surface area contributed by atoms with Gasteiger partial charge in [0.05, 0.1) is 21.1 Å². The van der Waals surface area contributed by atoms with Crippen LogP contribution in [-0.4, -0.2) is 42.3 Å². The average molecular weight is 545 g/mol. The number of H-pyrrole nitrogens is 1. The maximum Gasteiger partial charge on any atom is 0.422 e. The number of nitrogens with one attached hydrogen (secondary N) is 1. The van der Waals surface area contributed by atoms with Crippen molar-refractivity contribution in [3.63, 3.8) is 0 Å². The summed E-state index contributed by atoms with van der Waals surface area (Å²) in [5.41, 5.74) is 2.87. The number of benzene rings is 2. The largest absolute Gasteiger partial charge is 0.483 e. The maximum absolute atomic E-state index is 12.7. The average Bonchev–Trinajstić information content (AvgIpc) is 3.20. The Morgan fingerprint density at radius 2 is 1.83 bits per heavy atom. The number of alkyl halides is 4. The molecule has 0 saturated carbocycles. The van der Waals surface area contributed by atoms with Crippen LogP contribution in [0.2, 0.25) is 0 Å². The fourth-order valence-electron chi connectivity index (χ4n) is 3.86. The Kier molecular flexibility index (Phi) is 7.22. The number of ether oxygens (including phenoxy) is 1. The molecule has 5 nitrogen and oxygen atoms in total. The van der Waals surface area contributed by atoms with Crippen molar-refractivity contribution in [1.82, 2.24) is 9.97 Å². The molecule has 0 fully saturated rings. The number of rotatable bonds is 7. The van der Waals surface area contributed by atoms with Crippen molar-refractivity contribution in [1.29, 1.82) is 0 Å². The normalized spacial score (nSPS) is 16.3. The Balaban J connectivity index is 1.63. The summed E-state index contributed by atoms with van der Waals surface area (Å²) in [5, 5.41) is -0.376. The first-order chi connectivity index (χ1) is 16.5. The second-order valence-corrected chi connectivity index (χ2v) is 11.2. The van der Waals surface area contributed by atoms with E-state index >= 15 is 0 Å². The molecule has 1 unspecified atom stereocenters. The lowest BCUT2D eigenvalue weighted by atomic mass is 9.92. The van der Waals surface area contributed by atoms with E-state index in [2.05, 4.69) is 9.97 Å². The Hall–Kier alpha value is -2.49. The molecule has 0 radical (unpaired) electrons. The van der Waals surface area contributed by atoms with Crippen molar-refractivity contribution in [2.24, 2.45) is 0 Å². The number of aromatic nitrogens is 2. The third-order valence-electron chi connectivity index (χ3n) is 5.57. The number of para-hydroxylation sites is 1. The van der Waals surface area contributed by atoms with E-state index < -0.39 is 28.0 Å². The second-order valence-electron chi connectivity index (χ2n) is 8.03. The first kappa shape index (κ1) is 25.6. The van der Waals surface area contributed by atoms with E-state index in [-0.39, 0.29) is 21.4 Å². The predicted molar refractivity (Wildman–Crippen MR) is 130 cm³/mol. The summed E-state index contributed by atoms with van der Waals surface area (Å²) < 4.78 is 67.2. The Morgan fingerprint density at radius 3 is 2.49 bits per heavy atom. The van der Waals surface area contributed by atoms with Crippen LogP contribution in [0.3, 0.4) is 0 Å². The molecule has 0 saturated heterocycles. The van der Waals surface area contributed by atoms with Crippen molar-refractivity contribution >= 4 is 43.6 Å². The fraction of sp³-hybridized carbons (Fsp3) is 0.292. The van der Waals surface area contributed by atoms with Gasteiger partial charge in [0.15, 0.2) is 16.4 Å². The van der Waals surface area contributed by atoms with E-state index in [1.54, 1.807) is 49.4 Å². The number of nitrogens with zero attached hydrogens (tertiary/aromatic N) is 1. The van der Waals surface area contributed by atoms with Gasteiger partial charge in [0, 0.05) is 29.7 Å². The van der Waals surface area contributed by atoms with E-state index in [9.17, 15) is 21.6 Å². The molecular formula is C24H21Cl2F3N2O3S. The summed E-state index contributed by atoms with van der Waals surface area (Å²) >= 11 is 13.3. The molecule has 186 valence electrons. The van der Waals surface area contributed by atoms with E-state index in [0.717, 1.165) is 5.56 Å². The molecule has 0 bridgehead atoms. The third kappa shape index (κ3) is 5.68. The highest BCUT2D eigenvalue weighted by Gasteiger charge is 2.32. The summed E-state index contributed by atoms with van der Waals surface area (Å²) in [6, 6.07) is 12.9. The zero-order valence-corrected chi connectivity index (χ0v) is 20.8. The minimum atomic E-state index is -4.48. The highest BCUT2D eigenvalue weighted by Crippen LogP contribution is 2.43. The van der Waals surface area contributed by atoms with Crippen molar-refractivity contribution in [3.8, 4) is 5.75 Å². The van der Waals surface area contributed by atoms with E-state index in [0.29, 0.717) is 41.2 Å². The second kappa shape index (κ2) is 9.87. The van der Waals surface area contributed by atoms with Gasteiger partial charge < -0.3 is 9.72 Å². The SMILES string of the molecule is CCS(=O)(=O)c1ccc(Cc2nc3c([nH]2)CC(Cl)C(c2ccccc2OCC(F)(F)F)=C3Cl)cc1. The van der Waals surface area contributed by atoms with Gasteiger partial charge in [0.1, 0.15) is 17.3 Å². The monoisotopic (exact) mass is 544 g/mol. The molecule has 1 heterocycles. The molecule has 1 atom stereocenters. The lowest BCUT2D eigenvalue weighted by Crippen LogP contribution is -2.20. The highest BCUT2D eigenvalue weighted by atomic mass is 35.5. The van der Waals surface area contributed by atoms with E-state index in [1.165, 1.54) is 6.07 Å². The van der Waals surface area contributed by atoms with Gasteiger partial charge in [-0.05, 0) is 23.8 Å². The lowest BCUT2D eigenvalue weighted by molar-refractivity contribution is -0.153. The quantitative estimate of drug-likeness (QED) is 0.370. The van der Waals surface area contributed by atoms with Crippen LogP contribution in [0.5, 0.6) is 5.75 Å². The number of sulfone groups is 1. The van der Waals surface area contributed by atoms with Crippen LogP contribution in [-0.2, 0) is 22.7 Å². The molecule has 0 spiro atoms. The number of hydrogen-bond acceptors (Lipinski definition) is 4. The van der Waals surface area contributed by atoms with E-state index in [4.69, 9.17) is 27.9 Å². The van der Waals surface area contributed by atoms with Gasteiger partial charge in [-0.2, -0.15) is 13.2 Å². The first-order valence-corrected chi connectivity index (χ1v) is 13.2. The first-order valence-electron chi connectivity index (χ1n) is 10.7. The summed E-state index contributed by atoms with van der Waals surface area (Å²) in [6.07, 6.45) is -3.74. The lowest BCUT2D eigenvalue weighted by Gasteiger charge is -2.23. The Bertz CT molecular complexity index is 1370. The zero-order valence-electron chi connectivity index (χ0n) is 18.5. The molecular weight excluding hydrogens is 524 g/mol. The van der Waals surface area contributed by atoms with Gasteiger partial charge in [-0.3, -0.25) is 0 Å². The Labute approximate surface area is 210 Å². The molecule has 35 heavy (non-hydrogen) atoms. The molecule has 4 rings (SSSR count). The smallest absolute Gasteiger partial charge is 0.422 e. The molecule has 0 aliphatic heterocycles. The van der Waals surface area contributed by atoms with Crippen LogP contribution < -0.4 is 4.74 Å². The van der Waals surface area contributed by atoms with Crippen molar-refractivity contribution in [2.45, 2.75) is 36.2 Å². The predicted octanol–water partition coefficient (Wildman–Crippen LogP) is 6.01. The summed E-state index contributed by atoms with van der Waals surface area (Å²) in [7, 11) is -3.29. The molecule has 1 aromatic heterocycles. The highest BCUT2D eigenvalue weighted by molar-refractivity contribution is 7.91. The standard InChI is InChI=1S/C24H21Cl2F3N2O3S/c1-2-35(32,33)15-9-7-14(8-10-15)11-20-30-18-12-17(25)21(22(26)23(18)31-20)16-5-3-4-6-19(16)34-13-24(27,28)29/h3-10,17H,2,11-13H2,1H3,(H,30,31). The van der Waals surface area contributed by atoms with Crippen LogP contribution in [0.1, 0.15) is 35.3 Å². The van der Waals surface area contributed by atoms with Crippen molar-refractivity contribution < 1.29 is 26.3 Å². The van der Waals surface area contributed by atoms with Gasteiger partial charge in [0.2, 0.25) is 0 Å². The van der Waals surface area contributed by atoms with Gasteiger partial charge in [-0.1, -0.05) is 48.9 Å². The van der Waals surface area contributed by atoms with Crippen LogP contribution in [0, 0.1) is 0 Å². The van der Waals surface area contributed by atoms with Crippen LogP contribution in [0.4, 0.5) is 13.2 Å². The van der Waals surface area contributed by atoms with Crippen LogP contribution in [0.15, 0.2) is 53.4 Å². The number of fused-ring (bicyclic) bond motifs is 1. The van der Waals surface area contributed by atoms with Gasteiger partial charge in [-0.15, -0.1) is 11.6 Å². The van der Waals surface area contributed by atoms with Crippen molar-refractivity contribution in [2.75, 3.05) is 12.4 Å². The maximum atomic E-state index is 12.7. The van der Waals surface area contributed by atoms with Crippen LogP contribution >= 0.6 is 23.2 Å². The number of aromatic amines is 1. The molecule has 1 N–H and O–H groups in total. The molecule has 3 aromatic rings. The minimum Gasteiger partial charge on any atom is -0.483 e. The molecule has 11 heteroatoms. The summed E-state index contributed by atoms with van der Waals surface area (Å²) in [4.78, 5) is 8.07. The van der Waals surface area contributed by atoms with Gasteiger partial charge in [-0.25, -0.2) is 13.4 Å². The number of halogens is 5. The van der Waals surface area contributed by atoms with Crippen LogP contribution in [0.25, 0.3) is 10.6 Å². The fourth-order valence-corrected chi connectivity index (χ4v) is 5.57. The molecule has 2 aromatic carbocycles. The number of imidazole rings is 1. The third-order valence-corrected chi connectivity index (χ3v) is 8.08. The Morgan fingerprint density at radius 1 is 1.14 bits per heavy atom. The summed E-state index contributed by atoms with van der Waals surface area (Å²) in [6.45, 7) is 0.158. The van der Waals surface area contributed by atoms with E-state index in [1.807, 2.05) is 0 Å². The summed E-state index contributed by atoms with van der Waals surface area (Å²) in [5.74, 6) is 0.657. The van der Waals surface area contributed by atoms with Gasteiger partial charge >= 0.3 is 6.18 Å². The molecule has 0 amide bonds. The van der Waals surface area contributed by atoms with Crippen molar-refractivity contribution in [3.05, 3.63) is 76.9 Å². The number of allylic oxidation sites excluding steroid dienone is 1. The topological polar surface area (TPSA) is 72.0 Å².